The Bertz CT molecular complexity index is 683. The smallest absolute Gasteiger partial charge is 0.258 e. The van der Waals surface area contributed by atoms with E-state index in [9.17, 15) is 4.79 Å². The minimum Gasteiger partial charge on any atom is -0.482 e. The van der Waals surface area contributed by atoms with Crippen molar-refractivity contribution in [3.8, 4) is 5.75 Å². The van der Waals surface area contributed by atoms with Crippen LogP contribution in [0.25, 0.3) is 0 Å². The van der Waals surface area contributed by atoms with Crippen LogP contribution in [0.3, 0.4) is 0 Å². The Morgan fingerprint density at radius 2 is 2.21 bits per heavy atom. The van der Waals surface area contributed by atoms with Gasteiger partial charge in [-0.15, -0.1) is 5.10 Å². The third kappa shape index (κ3) is 4.14. The first kappa shape index (κ1) is 16.5. The molecule has 1 unspecified atom stereocenters. The number of nitrogens with one attached hydrogen (secondary N) is 1. The quantitative estimate of drug-likeness (QED) is 0.869. The molecule has 0 radical (unpaired) electrons. The highest BCUT2D eigenvalue weighted by molar-refractivity contribution is 6.32. The highest BCUT2D eigenvalue weighted by Crippen LogP contribution is 2.23. The molecule has 0 aliphatic carbocycles. The topological polar surface area (TPSA) is 67.3 Å². The van der Waals surface area contributed by atoms with E-state index in [-0.39, 0.29) is 18.6 Å². The lowest BCUT2D eigenvalue weighted by Gasteiger charge is -2.25. The molecule has 1 aromatic heterocycles. The molecule has 126 valence electrons. The van der Waals surface area contributed by atoms with Gasteiger partial charge in [0, 0.05) is 25.3 Å². The van der Waals surface area contributed by atoms with Crippen molar-refractivity contribution in [2.45, 2.75) is 18.9 Å². The molecular formula is C17H19ClN4O2. The number of benzene rings is 1. The maximum Gasteiger partial charge on any atom is 0.258 e. The molecule has 1 aromatic carbocycles. The fourth-order valence-corrected chi connectivity index (χ4v) is 2.97. The predicted molar refractivity (Wildman–Crippen MR) is 92.4 cm³/mol. The standard InChI is InChI=1S/C17H19ClN4O2/c18-14-6-1-2-7-15(14)24-12-17(23)19-11-13-5-4-10-22(13)16-8-3-9-20-21-16/h1-3,6-9,13H,4-5,10-12H2,(H,19,23). The summed E-state index contributed by atoms with van der Waals surface area (Å²) in [7, 11) is 0. The molecular weight excluding hydrogens is 328 g/mol. The molecule has 1 atom stereocenters. The fraction of sp³-hybridized carbons (Fsp3) is 0.353. The molecule has 6 nitrogen and oxygen atoms in total. The molecule has 1 N–H and O–H groups in total. The number of carbonyl (C=O) groups excluding carboxylic acids is 1. The van der Waals surface area contributed by atoms with Crippen LogP contribution in [0.1, 0.15) is 12.8 Å². The van der Waals surface area contributed by atoms with E-state index in [2.05, 4.69) is 20.4 Å². The van der Waals surface area contributed by atoms with Gasteiger partial charge in [-0.25, -0.2) is 0 Å². The zero-order chi connectivity index (χ0) is 16.8. The van der Waals surface area contributed by atoms with Gasteiger partial charge in [0.05, 0.1) is 5.02 Å². The number of nitrogens with zero attached hydrogens (tertiary/aromatic N) is 3. The van der Waals surface area contributed by atoms with Gasteiger partial charge in [-0.3, -0.25) is 4.79 Å². The van der Waals surface area contributed by atoms with Gasteiger partial charge in [0.15, 0.2) is 12.4 Å². The number of rotatable bonds is 6. The second-order valence-electron chi connectivity index (χ2n) is 5.59. The van der Waals surface area contributed by atoms with Gasteiger partial charge in [0.1, 0.15) is 5.75 Å². The summed E-state index contributed by atoms with van der Waals surface area (Å²) in [5.74, 6) is 1.19. The minimum absolute atomic E-state index is 0.0540. The van der Waals surface area contributed by atoms with Gasteiger partial charge in [-0.2, -0.15) is 5.10 Å². The predicted octanol–water partition coefficient (Wildman–Crippen LogP) is 2.29. The summed E-state index contributed by atoms with van der Waals surface area (Å²) < 4.78 is 5.45. The SMILES string of the molecule is O=C(COc1ccccc1Cl)NCC1CCCN1c1cccnn1. The second-order valence-corrected chi connectivity index (χ2v) is 6.00. The molecule has 3 rings (SSSR count). The van der Waals surface area contributed by atoms with Gasteiger partial charge in [-0.1, -0.05) is 23.7 Å². The van der Waals surface area contributed by atoms with E-state index in [1.165, 1.54) is 0 Å². The van der Waals surface area contributed by atoms with Crippen molar-refractivity contribution in [1.82, 2.24) is 15.5 Å². The molecule has 2 heterocycles. The first-order chi connectivity index (χ1) is 11.7. The number of anilines is 1. The lowest BCUT2D eigenvalue weighted by molar-refractivity contribution is -0.123. The van der Waals surface area contributed by atoms with Crippen LogP contribution in [0.15, 0.2) is 42.6 Å². The molecule has 0 saturated carbocycles. The zero-order valence-corrected chi connectivity index (χ0v) is 13.9. The van der Waals surface area contributed by atoms with Gasteiger partial charge in [-0.05, 0) is 37.1 Å². The van der Waals surface area contributed by atoms with Crippen molar-refractivity contribution < 1.29 is 9.53 Å². The van der Waals surface area contributed by atoms with Crippen molar-refractivity contribution in [1.29, 1.82) is 0 Å². The van der Waals surface area contributed by atoms with Crippen LogP contribution in [0.5, 0.6) is 5.75 Å². The van der Waals surface area contributed by atoms with E-state index in [1.807, 2.05) is 24.3 Å². The Kier molecular flexibility index (Phi) is 5.48. The van der Waals surface area contributed by atoms with Gasteiger partial charge < -0.3 is 15.0 Å². The molecule has 0 spiro atoms. The maximum atomic E-state index is 12.0. The largest absolute Gasteiger partial charge is 0.482 e. The number of ether oxygens (including phenoxy) is 1. The van der Waals surface area contributed by atoms with Crippen LogP contribution in [0.2, 0.25) is 5.02 Å². The second kappa shape index (κ2) is 7.97. The van der Waals surface area contributed by atoms with Gasteiger partial charge in [0.25, 0.3) is 5.91 Å². The van der Waals surface area contributed by atoms with E-state index in [4.69, 9.17) is 16.3 Å². The minimum atomic E-state index is -0.166. The molecule has 1 saturated heterocycles. The van der Waals surface area contributed by atoms with Crippen LogP contribution in [-0.4, -0.2) is 41.8 Å². The Balaban J connectivity index is 1.48. The van der Waals surface area contributed by atoms with Crippen molar-refractivity contribution >= 4 is 23.3 Å². The average molecular weight is 347 g/mol. The Morgan fingerprint density at radius 3 is 3.00 bits per heavy atom. The van der Waals surface area contributed by atoms with Crippen LogP contribution in [-0.2, 0) is 4.79 Å². The lowest BCUT2D eigenvalue weighted by Crippen LogP contribution is -2.42. The first-order valence-corrected chi connectivity index (χ1v) is 8.30. The molecule has 1 aliphatic heterocycles. The highest BCUT2D eigenvalue weighted by atomic mass is 35.5. The lowest BCUT2D eigenvalue weighted by atomic mass is 10.2. The third-order valence-corrected chi connectivity index (χ3v) is 4.27. The van der Waals surface area contributed by atoms with Crippen molar-refractivity contribution in [3.63, 3.8) is 0 Å². The summed E-state index contributed by atoms with van der Waals surface area (Å²) >= 11 is 6.00. The summed E-state index contributed by atoms with van der Waals surface area (Å²) in [4.78, 5) is 14.2. The van der Waals surface area contributed by atoms with Crippen LogP contribution >= 0.6 is 11.6 Å². The molecule has 1 fully saturated rings. The van der Waals surface area contributed by atoms with Crippen molar-refractivity contribution in [3.05, 3.63) is 47.6 Å². The van der Waals surface area contributed by atoms with Gasteiger partial charge in [0.2, 0.25) is 0 Å². The normalized spacial score (nSPS) is 16.9. The average Bonchev–Trinajstić information content (AvgIpc) is 3.08. The number of para-hydroxylation sites is 1. The zero-order valence-electron chi connectivity index (χ0n) is 13.2. The van der Waals surface area contributed by atoms with E-state index in [0.717, 1.165) is 25.2 Å². The number of amides is 1. The monoisotopic (exact) mass is 346 g/mol. The molecule has 2 aromatic rings. The fourth-order valence-electron chi connectivity index (χ4n) is 2.78. The first-order valence-electron chi connectivity index (χ1n) is 7.92. The number of hydrogen-bond acceptors (Lipinski definition) is 5. The maximum absolute atomic E-state index is 12.0. The summed E-state index contributed by atoms with van der Waals surface area (Å²) in [5.41, 5.74) is 0. The summed E-state index contributed by atoms with van der Waals surface area (Å²) in [6.07, 6.45) is 3.75. The number of carbonyl (C=O) groups is 1. The highest BCUT2D eigenvalue weighted by Gasteiger charge is 2.26. The van der Waals surface area contributed by atoms with Crippen molar-refractivity contribution in [2.75, 3.05) is 24.6 Å². The third-order valence-electron chi connectivity index (χ3n) is 3.96. The Morgan fingerprint density at radius 1 is 1.33 bits per heavy atom. The molecule has 0 bridgehead atoms. The molecule has 24 heavy (non-hydrogen) atoms. The summed E-state index contributed by atoms with van der Waals surface area (Å²) in [6, 6.07) is 11.1. The number of hydrogen-bond donors (Lipinski definition) is 1. The van der Waals surface area contributed by atoms with Crippen LogP contribution < -0.4 is 15.0 Å². The Labute approximate surface area is 145 Å². The number of halogens is 1. The number of aromatic nitrogens is 2. The van der Waals surface area contributed by atoms with Crippen LogP contribution in [0.4, 0.5) is 5.82 Å². The van der Waals surface area contributed by atoms with Gasteiger partial charge >= 0.3 is 0 Å². The van der Waals surface area contributed by atoms with E-state index >= 15 is 0 Å². The van der Waals surface area contributed by atoms with Crippen molar-refractivity contribution in [2.24, 2.45) is 0 Å². The van der Waals surface area contributed by atoms with E-state index < -0.39 is 0 Å². The molecule has 7 heteroatoms. The van der Waals surface area contributed by atoms with Crippen LogP contribution in [0, 0.1) is 0 Å². The molecule has 1 amide bonds. The molecule has 1 aliphatic rings. The van der Waals surface area contributed by atoms with E-state index in [0.29, 0.717) is 17.3 Å². The van der Waals surface area contributed by atoms with E-state index in [1.54, 1.807) is 18.3 Å². The summed E-state index contributed by atoms with van der Waals surface area (Å²) in [6.45, 7) is 1.43. The summed E-state index contributed by atoms with van der Waals surface area (Å²) in [5, 5.41) is 11.5. The Hall–Kier alpha value is -2.34.